The lowest BCUT2D eigenvalue weighted by molar-refractivity contribution is 0.102. The van der Waals surface area contributed by atoms with Crippen LogP contribution in [0.3, 0.4) is 0 Å². The fourth-order valence-electron chi connectivity index (χ4n) is 3.47. The second-order valence-electron chi connectivity index (χ2n) is 6.84. The van der Waals surface area contributed by atoms with E-state index in [2.05, 4.69) is 20.5 Å². The first-order valence-electron chi connectivity index (χ1n) is 9.78. The van der Waals surface area contributed by atoms with E-state index in [-0.39, 0.29) is 11.8 Å². The molecule has 4 rings (SSSR count). The molecule has 0 atom stereocenters. The highest BCUT2D eigenvalue weighted by Gasteiger charge is 2.20. The molecular formula is C21H22FN5O2. The molecule has 1 aliphatic heterocycles. The average molecular weight is 395 g/mol. The molecule has 29 heavy (non-hydrogen) atoms. The first-order chi connectivity index (χ1) is 14.2. The lowest BCUT2D eigenvalue weighted by Crippen LogP contribution is -2.14. The number of rotatable bonds is 5. The molecule has 0 fully saturated rings. The van der Waals surface area contributed by atoms with Gasteiger partial charge in [-0.1, -0.05) is 6.42 Å². The Morgan fingerprint density at radius 2 is 2.14 bits per heavy atom. The zero-order valence-electron chi connectivity index (χ0n) is 16.2. The largest absolute Gasteiger partial charge is 0.477 e. The predicted molar refractivity (Wildman–Crippen MR) is 106 cm³/mol. The van der Waals surface area contributed by atoms with Gasteiger partial charge in [-0.25, -0.2) is 9.37 Å². The minimum absolute atomic E-state index is 0.262. The van der Waals surface area contributed by atoms with Crippen molar-refractivity contribution in [2.45, 2.75) is 39.2 Å². The van der Waals surface area contributed by atoms with Gasteiger partial charge in [0.1, 0.15) is 17.2 Å². The molecule has 0 unspecified atom stereocenters. The van der Waals surface area contributed by atoms with E-state index in [0.717, 1.165) is 38.1 Å². The van der Waals surface area contributed by atoms with E-state index in [0.29, 0.717) is 29.2 Å². The van der Waals surface area contributed by atoms with Crippen LogP contribution in [0.25, 0.3) is 11.4 Å². The maximum absolute atomic E-state index is 14.6. The van der Waals surface area contributed by atoms with Gasteiger partial charge in [-0.15, -0.1) is 10.2 Å². The first kappa shape index (κ1) is 19.0. The molecule has 1 amide bonds. The molecule has 0 saturated heterocycles. The molecule has 0 spiro atoms. The molecule has 8 heteroatoms. The number of hydrogen-bond donors (Lipinski definition) is 1. The van der Waals surface area contributed by atoms with Crippen molar-refractivity contribution in [3.63, 3.8) is 0 Å². The summed E-state index contributed by atoms with van der Waals surface area (Å²) in [7, 11) is 0. The molecule has 1 aliphatic rings. The normalized spacial score (nSPS) is 13.4. The van der Waals surface area contributed by atoms with Gasteiger partial charge in [0.25, 0.3) is 5.91 Å². The van der Waals surface area contributed by atoms with Crippen molar-refractivity contribution in [1.29, 1.82) is 0 Å². The molecule has 150 valence electrons. The van der Waals surface area contributed by atoms with E-state index in [1.165, 1.54) is 12.1 Å². The number of aromatic nitrogens is 4. The third-order valence-electron chi connectivity index (χ3n) is 4.87. The van der Waals surface area contributed by atoms with Crippen molar-refractivity contribution >= 4 is 11.6 Å². The van der Waals surface area contributed by atoms with Gasteiger partial charge < -0.3 is 14.6 Å². The summed E-state index contributed by atoms with van der Waals surface area (Å²) in [5.41, 5.74) is 1.10. The van der Waals surface area contributed by atoms with Gasteiger partial charge in [-0.05, 0) is 50.1 Å². The number of pyridine rings is 1. The molecule has 2 aromatic heterocycles. The molecular weight excluding hydrogens is 373 g/mol. The smallest absolute Gasteiger partial charge is 0.261 e. The Balaban J connectivity index is 1.63. The predicted octanol–water partition coefficient (Wildman–Crippen LogP) is 3.86. The topological polar surface area (TPSA) is 81.9 Å². The maximum Gasteiger partial charge on any atom is 0.261 e. The molecule has 3 heterocycles. The number of aryl methyl sites for hydroxylation is 1. The summed E-state index contributed by atoms with van der Waals surface area (Å²) in [5, 5.41) is 11.3. The van der Waals surface area contributed by atoms with Crippen LogP contribution in [-0.2, 0) is 13.0 Å². The lowest BCUT2D eigenvalue weighted by atomic mass is 10.1. The van der Waals surface area contributed by atoms with Crippen molar-refractivity contribution < 1.29 is 13.9 Å². The summed E-state index contributed by atoms with van der Waals surface area (Å²) in [6.45, 7) is 2.99. The Bertz CT molecular complexity index is 1030. The number of hydrogen-bond acceptors (Lipinski definition) is 5. The van der Waals surface area contributed by atoms with E-state index >= 15 is 0 Å². The fraction of sp³-hybridized carbons (Fsp3) is 0.333. The van der Waals surface area contributed by atoms with Crippen LogP contribution in [0.4, 0.5) is 10.1 Å². The zero-order chi connectivity index (χ0) is 20.2. The number of benzene rings is 1. The van der Waals surface area contributed by atoms with Gasteiger partial charge in [0.15, 0.2) is 5.82 Å². The first-order valence-corrected chi connectivity index (χ1v) is 9.78. The summed E-state index contributed by atoms with van der Waals surface area (Å²) < 4.78 is 22.0. The molecule has 1 aromatic carbocycles. The van der Waals surface area contributed by atoms with Crippen molar-refractivity contribution in [1.82, 2.24) is 19.7 Å². The van der Waals surface area contributed by atoms with E-state index in [1.54, 1.807) is 24.4 Å². The summed E-state index contributed by atoms with van der Waals surface area (Å²) in [6, 6.07) is 7.74. The van der Waals surface area contributed by atoms with Crippen molar-refractivity contribution in [2.75, 3.05) is 11.9 Å². The number of anilines is 1. The monoisotopic (exact) mass is 395 g/mol. The summed E-state index contributed by atoms with van der Waals surface area (Å²) in [5.74, 6) is 0.852. The zero-order valence-corrected chi connectivity index (χ0v) is 16.2. The third kappa shape index (κ3) is 3.96. The number of nitrogens with zero attached hydrogens (tertiary/aromatic N) is 4. The third-order valence-corrected chi connectivity index (χ3v) is 4.87. The minimum atomic E-state index is -0.404. The molecule has 0 radical (unpaired) electrons. The van der Waals surface area contributed by atoms with Gasteiger partial charge in [0.05, 0.1) is 12.2 Å². The number of nitrogens with one attached hydrogen (secondary N) is 1. The SMILES string of the molecule is CCOc1ncccc1C(=O)Nc1ccc(F)c(-c2nnc3n2CCCCC3)c1. The van der Waals surface area contributed by atoms with Gasteiger partial charge in [-0.2, -0.15) is 0 Å². The molecule has 7 nitrogen and oxygen atoms in total. The van der Waals surface area contributed by atoms with Gasteiger partial charge in [0, 0.05) is 24.8 Å². The Morgan fingerprint density at radius 3 is 3.00 bits per heavy atom. The highest BCUT2D eigenvalue weighted by atomic mass is 19.1. The number of ether oxygens (including phenoxy) is 1. The Hall–Kier alpha value is -3.29. The molecule has 0 aliphatic carbocycles. The highest BCUT2D eigenvalue weighted by molar-refractivity contribution is 6.06. The number of carbonyl (C=O) groups is 1. The second-order valence-corrected chi connectivity index (χ2v) is 6.84. The van der Waals surface area contributed by atoms with Crippen LogP contribution in [0.2, 0.25) is 0 Å². The van der Waals surface area contributed by atoms with Crippen LogP contribution in [0.5, 0.6) is 5.88 Å². The van der Waals surface area contributed by atoms with Gasteiger partial charge in [-0.3, -0.25) is 4.79 Å². The van der Waals surface area contributed by atoms with Crippen LogP contribution in [0.15, 0.2) is 36.5 Å². The summed E-state index contributed by atoms with van der Waals surface area (Å²) in [4.78, 5) is 16.8. The van der Waals surface area contributed by atoms with Crippen LogP contribution < -0.4 is 10.1 Å². The van der Waals surface area contributed by atoms with Crippen molar-refractivity contribution in [3.8, 4) is 17.3 Å². The van der Waals surface area contributed by atoms with Crippen LogP contribution in [0, 0.1) is 5.82 Å². The second kappa shape index (κ2) is 8.38. The molecule has 3 aromatic rings. The van der Waals surface area contributed by atoms with E-state index in [1.807, 2.05) is 11.5 Å². The number of carbonyl (C=O) groups excluding carboxylic acids is 1. The Labute approximate surface area is 167 Å². The number of fused-ring (bicyclic) bond motifs is 1. The lowest BCUT2D eigenvalue weighted by Gasteiger charge is -2.12. The van der Waals surface area contributed by atoms with Crippen LogP contribution >= 0.6 is 0 Å². The Kier molecular flexibility index (Phi) is 5.50. The molecule has 0 bridgehead atoms. The molecule has 1 N–H and O–H groups in total. The minimum Gasteiger partial charge on any atom is -0.477 e. The summed E-state index contributed by atoms with van der Waals surface area (Å²) in [6.07, 6.45) is 5.59. The van der Waals surface area contributed by atoms with Crippen molar-refractivity contribution in [2.24, 2.45) is 0 Å². The van der Waals surface area contributed by atoms with Gasteiger partial charge in [0.2, 0.25) is 5.88 Å². The van der Waals surface area contributed by atoms with E-state index in [9.17, 15) is 9.18 Å². The highest BCUT2D eigenvalue weighted by Crippen LogP contribution is 2.28. The average Bonchev–Trinajstić information content (AvgIpc) is 2.97. The number of amides is 1. The molecule has 0 saturated carbocycles. The maximum atomic E-state index is 14.6. The standard InChI is InChI=1S/C21H22FN5O2/c1-2-29-21-15(7-6-11-23-21)20(28)24-14-9-10-17(22)16(13-14)19-26-25-18-8-4-3-5-12-27(18)19/h6-7,9-11,13H,2-5,8,12H2,1H3,(H,24,28). The quantitative estimate of drug-likeness (QED) is 0.709. The van der Waals surface area contributed by atoms with Crippen LogP contribution in [-0.4, -0.2) is 32.3 Å². The fourth-order valence-corrected chi connectivity index (χ4v) is 3.47. The van der Waals surface area contributed by atoms with Crippen molar-refractivity contribution in [3.05, 3.63) is 53.7 Å². The summed E-state index contributed by atoms with van der Waals surface area (Å²) >= 11 is 0. The van der Waals surface area contributed by atoms with E-state index < -0.39 is 5.82 Å². The van der Waals surface area contributed by atoms with Gasteiger partial charge >= 0.3 is 0 Å². The number of halogens is 1. The van der Waals surface area contributed by atoms with E-state index in [4.69, 9.17) is 4.74 Å². The van der Waals surface area contributed by atoms with Crippen LogP contribution in [0.1, 0.15) is 42.4 Å². The Morgan fingerprint density at radius 1 is 1.24 bits per heavy atom.